The van der Waals surface area contributed by atoms with Crippen molar-refractivity contribution in [3.63, 3.8) is 0 Å². The Labute approximate surface area is 73.9 Å². The van der Waals surface area contributed by atoms with Gasteiger partial charge in [-0.1, -0.05) is 0 Å². The first kappa shape index (κ1) is 8.48. The summed E-state index contributed by atoms with van der Waals surface area (Å²) in [6.45, 7) is 3.84. The van der Waals surface area contributed by atoms with Gasteiger partial charge in [0.15, 0.2) is 0 Å². The van der Waals surface area contributed by atoms with E-state index in [0.29, 0.717) is 11.8 Å². The molecule has 0 spiro atoms. The number of nitrogens with zero attached hydrogens (tertiary/aromatic N) is 1. The molecule has 0 radical (unpaired) electrons. The van der Waals surface area contributed by atoms with Crippen LogP contribution in [0.15, 0.2) is 0 Å². The van der Waals surface area contributed by atoms with E-state index in [2.05, 4.69) is 11.9 Å². The standard InChI is InChI=1S/C9H18N2O/c1-11-5-7(4-10)8-6-12-3-2-9(8)11/h7-9H,2-6,10H2,1H3. The normalized spacial score (nSPS) is 43.0. The Morgan fingerprint density at radius 1 is 1.58 bits per heavy atom. The predicted octanol–water partition coefficient (Wildman–Crippen LogP) is -0.0882. The maximum Gasteiger partial charge on any atom is 0.0512 e. The van der Waals surface area contributed by atoms with Crippen LogP contribution >= 0.6 is 0 Å². The molecule has 3 heteroatoms. The van der Waals surface area contributed by atoms with Gasteiger partial charge < -0.3 is 15.4 Å². The van der Waals surface area contributed by atoms with E-state index in [4.69, 9.17) is 10.5 Å². The topological polar surface area (TPSA) is 38.5 Å². The molecule has 2 heterocycles. The number of hydrogen-bond acceptors (Lipinski definition) is 3. The van der Waals surface area contributed by atoms with E-state index in [1.165, 1.54) is 6.42 Å². The quantitative estimate of drug-likeness (QED) is 0.598. The fourth-order valence-electron chi connectivity index (χ4n) is 2.64. The lowest BCUT2D eigenvalue weighted by molar-refractivity contribution is 0.0189. The molecule has 0 aromatic rings. The second-order valence-electron chi connectivity index (χ2n) is 4.03. The van der Waals surface area contributed by atoms with Crippen LogP contribution < -0.4 is 5.73 Å². The van der Waals surface area contributed by atoms with Crippen molar-refractivity contribution in [3.05, 3.63) is 0 Å². The summed E-state index contributed by atoms with van der Waals surface area (Å²) >= 11 is 0. The van der Waals surface area contributed by atoms with Crippen molar-refractivity contribution in [2.24, 2.45) is 17.6 Å². The average molecular weight is 170 g/mol. The number of nitrogens with two attached hydrogens (primary N) is 1. The van der Waals surface area contributed by atoms with Crippen molar-refractivity contribution in [3.8, 4) is 0 Å². The zero-order valence-electron chi connectivity index (χ0n) is 7.70. The molecule has 12 heavy (non-hydrogen) atoms. The highest BCUT2D eigenvalue weighted by molar-refractivity contribution is 4.93. The molecule has 70 valence electrons. The van der Waals surface area contributed by atoms with Crippen LogP contribution in [0.1, 0.15) is 6.42 Å². The lowest BCUT2D eigenvalue weighted by atomic mass is 9.88. The zero-order valence-corrected chi connectivity index (χ0v) is 7.70. The molecule has 2 aliphatic heterocycles. The highest BCUT2D eigenvalue weighted by Gasteiger charge is 2.40. The van der Waals surface area contributed by atoms with Gasteiger partial charge in [-0.2, -0.15) is 0 Å². The fourth-order valence-corrected chi connectivity index (χ4v) is 2.64. The van der Waals surface area contributed by atoms with Crippen LogP contribution in [0.4, 0.5) is 0 Å². The summed E-state index contributed by atoms with van der Waals surface area (Å²) in [6, 6.07) is 0.743. The molecular formula is C9H18N2O. The van der Waals surface area contributed by atoms with E-state index in [-0.39, 0.29) is 0 Å². The molecule has 2 fully saturated rings. The van der Waals surface area contributed by atoms with Gasteiger partial charge in [0.05, 0.1) is 6.61 Å². The van der Waals surface area contributed by atoms with Gasteiger partial charge >= 0.3 is 0 Å². The van der Waals surface area contributed by atoms with Crippen LogP contribution in [-0.2, 0) is 4.74 Å². The molecule has 2 saturated heterocycles. The van der Waals surface area contributed by atoms with Crippen LogP contribution in [0, 0.1) is 11.8 Å². The number of fused-ring (bicyclic) bond motifs is 1. The lowest BCUT2D eigenvalue weighted by Gasteiger charge is -2.30. The van der Waals surface area contributed by atoms with Gasteiger partial charge in [-0.3, -0.25) is 0 Å². The molecule has 3 nitrogen and oxygen atoms in total. The summed E-state index contributed by atoms with van der Waals surface area (Å²) < 4.78 is 5.48. The lowest BCUT2D eigenvalue weighted by Crippen LogP contribution is -2.37. The van der Waals surface area contributed by atoms with Crippen molar-refractivity contribution in [2.75, 3.05) is 33.4 Å². The maximum absolute atomic E-state index is 5.72. The molecule has 0 saturated carbocycles. The average Bonchev–Trinajstić information content (AvgIpc) is 2.44. The third-order valence-electron chi connectivity index (χ3n) is 3.36. The Morgan fingerprint density at radius 2 is 2.42 bits per heavy atom. The molecule has 0 aliphatic carbocycles. The Kier molecular flexibility index (Phi) is 2.35. The first-order valence-corrected chi connectivity index (χ1v) is 4.81. The molecule has 0 bridgehead atoms. The molecular weight excluding hydrogens is 152 g/mol. The number of likely N-dealkylation sites (tertiary alicyclic amines) is 1. The van der Waals surface area contributed by atoms with Gasteiger partial charge in [0.2, 0.25) is 0 Å². The minimum atomic E-state index is 0.667. The molecule has 3 atom stereocenters. The number of rotatable bonds is 1. The van der Waals surface area contributed by atoms with Gasteiger partial charge in [0.25, 0.3) is 0 Å². The smallest absolute Gasteiger partial charge is 0.0512 e. The van der Waals surface area contributed by atoms with Crippen molar-refractivity contribution in [1.82, 2.24) is 4.90 Å². The monoisotopic (exact) mass is 170 g/mol. The number of hydrogen-bond donors (Lipinski definition) is 1. The van der Waals surface area contributed by atoms with Crippen LogP contribution in [-0.4, -0.2) is 44.3 Å². The van der Waals surface area contributed by atoms with Crippen molar-refractivity contribution in [2.45, 2.75) is 12.5 Å². The van der Waals surface area contributed by atoms with Crippen LogP contribution in [0.2, 0.25) is 0 Å². The van der Waals surface area contributed by atoms with E-state index >= 15 is 0 Å². The van der Waals surface area contributed by atoms with Gasteiger partial charge in [-0.05, 0) is 25.9 Å². The van der Waals surface area contributed by atoms with Crippen molar-refractivity contribution < 1.29 is 4.74 Å². The SMILES string of the molecule is CN1CC(CN)C2COCCC21. The van der Waals surface area contributed by atoms with E-state index in [0.717, 1.165) is 32.3 Å². The van der Waals surface area contributed by atoms with E-state index in [1.54, 1.807) is 0 Å². The van der Waals surface area contributed by atoms with Gasteiger partial charge in [0.1, 0.15) is 0 Å². The molecule has 2 N–H and O–H groups in total. The molecule has 0 aromatic carbocycles. The fraction of sp³-hybridized carbons (Fsp3) is 1.00. The highest BCUT2D eigenvalue weighted by atomic mass is 16.5. The van der Waals surface area contributed by atoms with Crippen LogP contribution in [0.25, 0.3) is 0 Å². The van der Waals surface area contributed by atoms with Gasteiger partial charge in [-0.25, -0.2) is 0 Å². The summed E-state index contributed by atoms with van der Waals surface area (Å²) in [4.78, 5) is 2.45. The summed E-state index contributed by atoms with van der Waals surface area (Å²) in [5.41, 5.74) is 5.72. The van der Waals surface area contributed by atoms with Gasteiger partial charge in [-0.15, -0.1) is 0 Å². The van der Waals surface area contributed by atoms with Crippen LogP contribution in [0.5, 0.6) is 0 Å². The highest BCUT2D eigenvalue weighted by Crippen LogP contribution is 2.32. The van der Waals surface area contributed by atoms with Crippen molar-refractivity contribution in [1.29, 1.82) is 0 Å². The second-order valence-corrected chi connectivity index (χ2v) is 4.03. The Morgan fingerprint density at radius 3 is 3.17 bits per heavy atom. The first-order valence-electron chi connectivity index (χ1n) is 4.81. The minimum Gasteiger partial charge on any atom is -0.381 e. The Bertz CT molecular complexity index is 163. The number of ether oxygens (including phenoxy) is 1. The summed E-state index contributed by atoms with van der Waals surface area (Å²) in [6.07, 6.45) is 1.19. The summed E-state index contributed by atoms with van der Waals surface area (Å²) in [5, 5.41) is 0. The van der Waals surface area contributed by atoms with E-state index < -0.39 is 0 Å². The van der Waals surface area contributed by atoms with Crippen LogP contribution in [0.3, 0.4) is 0 Å². The minimum absolute atomic E-state index is 0.667. The molecule has 0 amide bonds. The summed E-state index contributed by atoms with van der Waals surface area (Å²) in [5.74, 6) is 1.37. The predicted molar refractivity (Wildman–Crippen MR) is 47.9 cm³/mol. The van der Waals surface area contributed by atoms with E-state index in [9.17, 15) is 0 Å². The molecule has 3 unspecified atom stereocenters. The third-order valence-corrected chi connectivity index (χ3v) is 3.36. The maximum atomic E-state index is 5.72. The van der Waals surface area contributed by atoms with Gasteiger partial charge in [0, 0.05) is 25.1 Å². The summed E-state index contributed by atoms with van der Waals surface area (Å²) in [7, 11) is 2.21. The Balaban J connectivity index is 2.05. The third kappa shape index (κ3) is 1.26. The zero-order chi connectivity index (χ0) is 8.55. The largest absolute Gasteiger partial charge is 0.381 e. The molecule has 2 aliphatic rings. The van der Waals surface area contributed by atoms with Crippen molar-refractivity contribution >= 4 is 0 Å². The first-order chi connectivity index (χ1) is 5.83. The second kappa shape index (κ2) is 3.32. The molecule has 2 rings (SSSR count). The Hall–Kier alpha value is -0.120. The van der Waals surface area contributed by atoms with E-state index in [1.807, 2.05) is 0 Å². The molecule has 0 aromatic heterocycles.